The van der Waals surface area contributed by atoms with Crippen molar-refractivity contribution in [3.8, 4) is 0 Å². The van der Waals surface area contributed by atoms with Crippen LogP contribution in [0.3, 0.4) is 0 Å². The second kappa shape index (κ2) is 8.48. The Hall–Kier alpha value is -2.47. The lowest BCUT2D eigenvalue weighted by Crippen LogP contribution is -2.32. The van der Waals surface area contributed by atoms with E-state index in [9.17, 15) is 9.59 Å². The van der Waals surface area contributed by atoms with E-state index in [4.69, 9.17) is 0 Å². The van der Waals surface area contributed by atoms with Crippen molar-refractivity contribution in [2.24, 2.45) is 0 Å². The molecule has 1 heterocycles. The van der Waals surface area contributed by atoms with Crippen molar-refractivity contribution >= 4 is 40.6 Å². The van der Waals surface area contributed by atoms with Crippen LogP contribution in [0.1, 0.15) is 27.2 Å². The molecular formula is C21H25N3O2S. The number of amides is 2. The van der Waals surface area contributed by atoms with E-state index < -0.39 is 5.25 Å². The summed E-state index contributed by atoms with van der Waals surface area (Å²) in [5, 5.41) is 5.35. The number of carbonyl (C=O) groups is 2. The van der Waals surface area contributed by atoms with Crippen LogP contribution in [-0.4, -0.2) is 29.7 Å². The molecule has 0 radical (unpaired) electrons. The fraction of sp³-hybridized carbons (Fsp3) is 0.333. The Balaban J connectivity index is 1.60. The minimum absolute atomic E-state index is 0.125. The molecule has 5 nitrogen and oxygen atoms in total. The first kappa shape index (κ1) is 19.3. The van der Waals surface area contributed by atoms with Gasteiger partial charge in [-0.3, -0.25) is 9.59 Å². The van der Waals surface area contributed by atoms with Crippen molar-refractivity contribution in [1.82, 2.24) is 0 Å². The maximum Gasteiger partial charge on any atom is 0.238 e. The number of nitrogens with zero attached hydrogens (tertiary/aromatic N) is 1. The highest BCUT2D eigenvalue weighted by molar-refractivity contribution is 8.01. The van der Waals surface area contributed by atoms with E-state index in [2.05, 4.69) is 36.3 Å². The SMILES string of the molecule is CCN(c1ccc(NC(=O)CC2Sc3ccccc3NC2=O)cc1)C(C)C. The Morgan fingerprint density at radius 2 is 1.89 bits per heavy atom. The lowest BCUT2D eigenvalue weighted by Gasteiger charge is -2.27. The van der Waals surface area contributed by atoms with Crippen LogP contribution >= 0.6 is 11.8 Å². The molecule has 0 saturated carbocycles. The highest BCUT2D eigenvalue weighted by atomic mass is 32.2. The normalized spacial score (nSPS) is 15.9. The number of fused-ring (bicyclic) bond motifs is 1. The Bertz CT molecular complexity index is 820. The number of anilines is 3. The Kier molecular flexibility index (Phi) is 6.06. The largest absolute Gasteiger partial charge is 0.369 e. The molecule has 6 heteroatoms. The first-order chi connectivity index (χ1) is 13.0. The number of para-hydroxylation sites is 1. The second-order valence-corrected chi connectivity index (χ2v) is 8.02. The Morgan fingerprint density at radius 1 is 1.19 bits per heavy atom. The predicted molar refractivity (Wildman–Crippen MR) is 113 cm³/mol. The lowest BCUT2D eigenvalue weighted by atomic mass is 10.2. The Labute approximate surface area is 164 Å². The van der Waals surface area contributed by atoms with Gasteiger partial charge in [-0.05, 0) is 57.2 Å². The van der Waals surface area contributed by atoms with Crippen LogP contribution in [0.4, 0.5) is 17.1 Å². The third kappa shape index (κ3) is 4.63. The zero-order valence-corrected chi connectivity index (χ0v) is 16.7. The van der Waals surface area contributed by atoms with E-state index in [-0.39, 0.29) is 18.2 Å². The van der Waals surface area contributed by atoms with Crippen molar-refractivity contribution < 1.29 is 9.59 Å². The van der Waals surface area contributed by atoms with Crippen LogP contribution in [0.15, 0.2) is 53.4 Å². The molecule has 0 aliphatic carbocycles. The van der Waals surface area contributed by atoms with Crippen LogP contribution < -0.4 is 15.5 Å². The van der Waals surface area contributed by atoms with E-state index in [1.807, 2.05) is 48.5 Å². The van der Waals surface area contributed by atoms with E-state index >= 15 is 0 Å². The highest BCUT2D eigenvalue weighted by Crippen LogP contribution is 2.36. The molecule has 0 fully saturated rings. The number of nitrogens with one attached hydrogen (secondary N) is 2. The number of carbonyl (C=O) groups excluding carboxylic acids is 2. The molecule has 0 spiro atoms. The molecule has 2 aromatic carbocycles. The third-order valence-electron chi connectivity index (χ3n) is 4.52. The summed E-state index contributed by atoms with van der Waals surface area (Å²) in [6.45, 7) is 7.37. The zero-order chi connectivity index (χ0) is 19.4. The molecule has 2 N–H and O–H groups in total. The van der Waals surface area contributed by atoms with Gasteiger partial charge in [-0.15, -0.1) is 11.8 Å². The number of benzene rings is 2. The van der Waals surface area contributed by atoms with Gasteiger partial charge in [-0.25, -0.2) is 0 Å². The fourth-order valence-corrected chi connectivity index (χ4v) is 4.30. The minimum atomic E-state index is -0.421. The number of thioether (sulfide) groups is 1. The van der Waals surface area contributed by atoms with Gasteiger partial charge in [0.2, 0.25) is 11.8 Å². The molecule has 0 bridgehead atoms. The van der Waals surface area contributed by atoms with Gasteiger partial charge in [0.1, 0.15) is 0 Å². The van der Waals surface area contributed by atoms with Gasteiger partial charge in [-0.1, -0.05) is 12.1 Å². The summed E-state index contributed by atoms with van der Waals surface area (Å²) in [5.74, 6) is -0.286. The molecule has 1 aliphatic heterocycles. The molecule has 142 valence electrons. The summed E-state index contributed by atoms with van der Waals surface area (Å²) < 4.78 is 0. The number of hydrogen-bond donors (Lipinski definition) is 2. The van der Waals surface area contributed by atoms with Crippen LogP contribution in [0.5, 0.6) is 0 Å². The average molecular weight is 384 g/mol. The average Bonchev–Trinajstić information content (AvgIpc) is 2.64. The molecule has 2 aromatic rings. The van der Waals surface area contributed by atoms with E-state index in [0.29, 0.717) is 6.04 Å². The quantitative estimate of drug-likeness (QED) is 0.778. The van der Waals surface area contributed by atoms with E-state index in [1.54, 1.807) is 0 Å². The van der Waals surface area contributed by atoms with Crippen molar-refractivity contribution in [3.05, 3.63) is 48.5 Å². The molecule has 2 amide bonds. The summed E-state index contributed by atoms with van der Waals surface area (Å²) in [7, 11) is 0. The summed E-state index contributed by atoms with van der Waals surface area (Å²) >= 11 is 1.44. The van der Waals surface area contributed by atoms with Gasteiger partial charge in [0.05, 0.1) is 10.9 Å². The maximum absolute atomic E-state index is 12.4. The number of rotatable bonds is 6. The van der Waals surface area contributed by atoms with Gasteiger partial charge in [-0.2, -0.15) is 0 Å². The molecule has 0 aromatic heterocycles. The van der Waals surface area contributed by atoms with Gasteiger partial charge in [0.15, 0.2) is 0 Å². The minimum Gasteiger partial charge on any atom is -0.369 e. The van der Waals surface area contributed by atoms with Crippen LogP contribution in [0, 0.1) is 0 Å². The van der Waals surface area contributed by atoms with Gasteiger partial charge < -0.3 is 15.5 Å². The van der Waals surface area contributed by atoms with Gasteiger partial charge >= 0.3 is 0 Å². The topological polar surface area (TPSA) is 61.4 Å². The van der Waals surface area contributed by atoms with Crippen molar-refractivity contribution in [2.75, 3.05) is 22.1 Å². The first-order valence-electron chi connectivity index (χ1n) is 9.21. The molecule has 27 heavy (non-hydrogen) atoms. The highest BCUT2D eigenvalue weighted by Gasteiger charge is 2.28. The monoisotopic (exact) mass is 383 g/mol. The maximum atomic E-state index is 12.4. The summed E-state index contributed by atoms with van der Waals surface area (Å²) in [6, 6.07) is 15.9. The second-order valence-electron chi connectivity index (χ2n) is 6.77. The van der Waals surface area contributed by atoms with Crippen LogP contribution in [-0.2, 0) is 9.59 Å². The fourth-order valence-electron chi connectivity index (χ4n) is 3.19. The summed E-state index contributed by atoms with van der Waals surface area (Å²) in [4.78, 5) is 27.9. The van der Waals surface area contributed by atoms with Crippen molar-refractivity contribution in [3.63, 3.8) is 0 Å². The summed E-state index contributed by atoms with van der Waals surface area (Å²) in [6.07, 6.45) is 0.139. The summed E-state index contributed by atoms with van der Waals surface area (Å²) in [5.41, 5.74) is 2.68. The van der Waals surface area contributed by atoms with Gasteiger partial charge in [0.25, 0.3) is 0 Å². The Morgan fingerprint density at radius 3 is 2.56 bits per heavy atom. The molecule has 1 atom stereocenters. The first-order valence-corrected chi connectivity index (χ1v) is 10.1. The van der Waals surface area contributed by atoms with E-state index in [1.165, 1.54) is 11.8 Å². The molecular weight excluding hydrogens is 358 g/mol. The smallest absolute Gasteiger partial charge is 0.238 e. The molecule has 3 rings (SSSR count). The zero-order valence-electron chi connectivity index (χ0n) is 15.9. The van der Waals surface area contributed by atoms with Crippen LogP contribution in [0.25, 0.3) is 0 Å². The molecule has 1 unspecified atom stereocenters. The standard InChI is InChI=1S/C21H25N3O2S/c1-4-24(14(2)3)16-11-9-15(10-12-16)22-20(25)13-19-21(26)23-17-7-5-6-8-18(17)27-19/h5-12,14,19H,4,13H2,1-3H3,(H,22,25)(H,23,26). The third-order valence-corrected chi connectivity index (χ3v) is 5.80. The van der Waals surface area contributed by atoms with Crippen molar-refractivity contribution in [2.45, 2.75) is 43.4 Å². The van der Waals surface area contributed by atoms with Crippen LogP contribution in [0.2, 0.25) is 0 Å². The predicted octanol–water partition coefficient (Wildman–Crippen LogP) is 4.36. The van der Waals surface area contributed by atoms with Gasteiger partial charge in [0, 0.05) is 35.3 Å². The number of hydrogen-bond acceptors (Lipinski definition) is 4. The van der Waals surface area contributed by atoms with Crippen molar-refractivity contribution in [1.29, 1.82) is 0 Å². The molecule has 1 aliphatic rings. The lowest BCUT2D eigenvalue weighted by molar-refractivity contribution is -0.120. The molecule has 0 saturated heterocycles. The van der Waals surface area contributed by atoms with E-state index in [0.717, 1.165) is 28.5 Å².